The van der Waals surface area contributed by atoms with Crippen LogP contribution in [0.1, 0.15) is 95.5 Å². The van der Waals surface area contributed by atoms with Crippen molar-refractivity contribution >= 4 is 35.8 Å². The zero-order valence-corrected chi connectivity index (χ0v) is 36.3. The van der Waals surface area contributed by atoms with Gasteiger partial charge in [-0.25, -0.2) is 9.59 Å². The average Bonchev–Trinajstić information content (AvgIpc) is 3.19. The normalized spacial score (nSPS) is 9.00. The van der Waals surface area contributed by atoms with E-state index in [1.165, 1.54) is 24.3 Å². The second kappa shape index (κ2) is 30.2. The van der Waals surface area contributed by atoms with Crippen LogP contribution >= 0.6 is 0 Å². The van der Waals surface area contributed by atoms with Crippen LogP contribution in [0.4, 0.5) is 0 Å². The number of aryl methyl sites for hydroxylation is 6. The standard InChI is InChI=1S/6C8H8O2.2Cu/c6*1-6-4-2-3-5-7(6)8(9)10;;/h6*2-5H,1H3,(H,9,10);;/q;;;;;;2*+2/p-4. The molecule has 6 aromatic rings. The summed E-state index contributed by atoms with van der Waals surface area (Å²) in [6, 6.07) is 40.8. The van der Waals surface area contributed by atoms with Gasteiger partial charge in [0.05, 0.1) is 35.0 Å². The van der Waals surface area contributed by atoms with Crippen LogP contribution in [0.2, 0.25) is 0 Å². The third-order valence-electron chi connectivity index (χ3n) is 8.21. The smallest absolute Gasteiger partial charge is 0.545 e. The summed E-state index contributed by atoms with van der Waals surface area (Å²) in [7, 11) is 0. The van der Waals surface area contributed by atoms with Gasteiger partial charge in [-0.05, 0) is 87.1 Å². The molecule has 0 unspecified atom stereocenters. The summed E-state index contributed by atoms with van der Waals surface area (Å²) < 4.78 is 0. The Morgan fingerprint density at radius 3 is 0.500 bits per heavy atom. The fourth-order valence-electron chi connectivity index (χ4n) is 4.83. The molecule has 0 saturated carbocycles. The quantitative estimate of drug-likeness (QED) is 0.214. The maximum absolute atomic E-state index is 10.4. The van der Waals surface area contributed by atoms with Crippen molar-refractivity contribution < 1.29 is 93.5 Å². The number of rotatable bonds is 6. The molecule has 0 atom stereocenters. The predicted octanol–water partition coefficient (Wildman–Crippen LogP) is 4.82. The van der Waals surface area contributed by atoms with Crippen molar-refractivity contribution in [1.29, 1.82) is 0 Å². The summed E-state index contributed by atoms with van der Waals surface area (Å²) in [5.74, 6) is -6.18. The molecule has 6 rings (SSSR count). The van der Waals surface area contributed by atoms with E-state index in [0.29, 0.717) is 11.1 Å². The molecular formula is C48H44Cu2O12. The van der Waals surface area contributed by atoms with Gasteiger partial charge in [-0.3, -0.25) is 0 Å². The molecule has 0 spiro atoms. The summed E-state index contributed by atoms with van der Waals surface area (Å²) in [6.45, 7) is 10.5. The number of hydrogen-bond acceptors (Lipinski definition) is 10. The molecule has 0 amide bonds. The summed E-state index contributed by atoms with van der Waals surface area (Å²) in [5.41, 5.74) is 6.38. The number of carboxylic acid groups (broad SMARTS) is 6. The first-order chi connectivity index (χ1) is 28.3. The van der Waals surface area contributed by atoms with E-state index >= 15 is 0 Å². The zero-order valence-electron chi connectivity index (χ0n) is 34.4. The Hall–Kier alpha value is -6.82. The van der Waals surface area contributed by atoms with Crippen LogP contribution in [0.25, 0.3) is 0 Å². The molecule has 0 aliphatic carbocycles. The van der Waals surface area contributed by atoms with Crippen molar-refractivity contribution in [3.05, 3.63) is 212 Å². The minimum absolute atomic E-state index is 0. The van der Waals surface area contributed by atoms with Crippen molar-refractivity contribution in [2.75, 3.05) is 0 Å². The fraction of sp³-hybridized carbons (Fsp3) is 0.125. The molecule has 14 heteroatoms. The Morgan fingerprint density at radius 2 is 0.419 bits per heavy atom. The number of carbonyl (C=O) groups is 6. The first-order valence-electron chi connectivity index (χ1n) is 18.0. The van der Waals surface area contributed by atoms with Crippen molar-refractivity contribution in [2.45, 2.75) is 41.5 Å². The molecule has 12 nitrogen and oxygen atoms in total. The molecule has 0 aliphatic rings. The van der Waals surface area contributed by atoms with Crippen molar-refractivity contribution in [3.63, 3.8) is 0 Å². The van der Waals surface area contributed by atoms with E-state index in [1.807, 2.05) is 12.1 Å². The van der Waals surface area contributed by atoms with Crippen LogP contribution in [0.3, 0.4) is 0 Å². The summed E-state index contributed by atoms with van der Waals surface area (Å²) in [4.78, 5) is 62.1. The topological polar surface area (TPSA) is 235 Å². The van der Waals surface area contributed by atoms with Gasteiger partial charge in [0.1, 0.15) is 0 Å². The molecule has 0 fully saturated rings. The van der Waals surface area contributed by atoms with E-state index in [1.54, 1.807) is 151 Å². The van der Waals surface area contributed by atoms with Gasteiger partial charge in [0.25, 0.3) is 0 Å². The molecule has 0 heterocycles. The van der Waals surface area contributed by atoms with Crippen molar-refractivity contribution in [3.8, 4) is 0 Å². The second-order valence-corrected chi connectivity index (χ2v) is 12.6. The van der Waals surface area contributed by atoms with Gasteiger partial charge >= 0.3 is 46.1 Å². The Bertz CT molecular complexity index is 1960. The minimum Gasteiger partial charge on any atom is -0.545 e. The Kier molecular flexibility index (Phi) is 27.9. The van der Waals surface area contributed by atoms with Crippen LogP contribution in [0.15, 0.2) is 146 Å². The van der Waals surface area contributed by atoms with Crippen LogP contribution in [0.5, 0.6) is 0 Å². The molecule has 6 aromatic carbocycles. The molecule has 0 aliphatic heterocycles. The molecule has 0 bridgehead atoms. The van der Waals surface area contributed by atoms with E-state index in [2.05, 4.69) is 0 Å². The van der Waals surface area contributed by atoms with Gasteiger partial charge in [0, 0.05) is 22.3 Å². The van der Waals surface area contributed by atoms with Gasteiger partial charge in [0.15, 0.2) is 0 Å². The molecule has 2 N–H and O–H groups in total. The fourth-order valence-corrected chi connectivity index (χ4v) is 4.83. The van der Waals surface area contributed by atoms with Gasteiger partial charge in [-0.2, -0.15) is 0 Å². The van der Waals surface area contributed by atoms with E-state index in [-0.39, 0.29) is 56.4 Å². The monoisotopic (exact) mass is 938 g/mol. The molecule has 0 saturated heterocycles. The predicted molar refractivity (Wildman–Crippen MR) is 218 cm³/mol. The van der Waals surface area contributed by atoms with Crippen LogP contribution < -0.4 is 20.4 Å². The third-order valence-corrected chi connectivity index (χ3v) is 8.21. The SMILES string of the molecule is Cc1ccccc1C(=O)O.Cc1ccccc1C(=O)O.Cc1ccccc1C(=O)[O-].Cc1ccccc1C(=O)[O-].Cc1ccccc1C(=O)[O-].Cc1ccccc1C(=O)[O-].[Cu+2].[Cu+2]. The molecule has 2 radical (unpaired) electrons. The van der Waals surface area contributed by atoms with Gasteiger partial charge in [-0.15, -0.1) is 0 Å². The largest absolute Gasteiger partial charge is 2.00 e. The minimum atomic E-state index is -1.11. The maximum atomic E-state index is 10.4. The van der Waals surface area contributed by atoms with E-state index in [4.69, 9.17) is 10.2 Å². The zero-order chi connectivity index (χ0) is 45.4. The number of benzene rings is 6. The molecular weight excluding hydrogens is 896 g/mol. The second-order valence-electron chi connectivity index (χ2n) is 12.6. The summed E-state index contributed by atoms with van der Waals surface area (Å²) in [5, 5.41) is 58.4. The van der Waals surface area contributed by atoms with Crippen LogP contribution in [-0.2, 0) is 34.1 Å². The first-order valence-corrected chi connectivity index (χ1v) is 18.0. The Balaban J connectivity index is 0. The van der Waals surface area contributed by atoms with Gasteiger partial charge in [-0.1, -0.05) is 133 Å². The third kappa shape index (κ3) is 20.9. The van der Waals surface area contributed by atoms with Gasteiger partial charge in [0.2, 0.25) is 0 Å². The molecule has 330 valence electrons. The number of carboxylic acids is 6. The van der Waals surface area contributed by atoms with Crippen molar-refractivity contribution in [1.82, 2.24) is 0 Å². The maximum Gasteiger partial charge on any atom is 2.00 e. The van der Waals surface area contributed by atoms with Gasteiger partial charge < -0.3 is 49.8 Å². The van der Waals surface area contributed by atoms with E-state index < -0.39 is 35.8 Å². The number of hydrogen-bond donors (Lipinski definition) is 2. The number of carbonyl (C=O) groups excluding carboxylic acids is 4. The van der Waals surface area contributed by atoms with Crippen LogP contribution in [-0.4, -0.2) is 46.0 Å². The molecule has 62 heavy (non-hydrogen) atoms. The van der Waals surface area contributed by atoms with E-state index in [0.717, 1.165) is 33.4 Å². The Labute approximate surface area is 381 Å². The van der Waals surface area contributed by atoms with Crippen LogP contribution in [0, 0.1) is 41.5 Å². The first kappa shape index (κ1) is 57.3. The van der Waals surface area contributed by atoms with E-state index in [9.17, 15) is 49.2 Å². The molecule has 0 aromatic heterocycles. The Morgan fingerprint density at radius 1 is 0.290 bits per heavy atom. The van der Waals surface area contributed by atoms with Crippen molar-refractivity contribution in [2.24, 2.45) is 0 Å². The summed E-state index contributed by atoms with van der Waals surface area (Å²) >= 11 is 0. The number of aromatic carboxylic acids is 6. The summed E-state index contributed by atoms with van der Waals surface area (Å²) in [6.07, 6.45) is 0. The average molecular weight is 940 g/mol.